The molecule has 0 heterocycles. The topological polar surface area (TPSA) is 36.2 Å². The van der Waals surface area contributed by atoms with Crippen LogP contribution in [0, 0.1) is 21.3 Å². The molecule has 0 fully saturated rings. The van der Waals surface area contributed by atoms with Gasteiger partial charge in [0.2, 0.25) is 0 Å². The Morgan fingerprint density at radius 2 is 1.96 bits per heavy atom. The summed E-state index contributed by atoms with van der Waals surface area (Å²) in [7, 11) is 0. The number of hydrogen-bond donors (Lipinski definition) is 0. The molecule has 0 amide bonds. The number of nitrogens with zero attached hydrogens (tertiary/aromatic N) is 1. The number of aryl methyl sites for hydroxylation is 1. The third-order valence-corrected chi connectivity index (χ3v) is 4.27. The Kier molecular flexibility index (Phi) is 15.4. The third kappa shape index (κ3) is 7.87. The molecule has 1 aromatic carbocycles. The molecule has 0 spiro atoms. The molecule has 1 rings (SSSR count). The molecule has 0 saturated carbocycles. The van der Waals surface area contributed by atoms with Crippen molar-refractivity contribution in [2.45, 2.75) is 65.7 Å². The third-order valence-electron chi connectivity index (χ3n) is 4.27. The summed E-state index contributed by atoms with van der Waals surface area (Å²) in [6, 6.07) is 6.53. The van der Waals surface area contributed by atoms with Crippen LogP contribution in [0.3, 0.4) is 0 Å². The van der Waals surface area contributed by atoms with Crippen LogP contribution in [0.5, 0.6) is 0 Å². The molecule has 1 aromatic rings. The minimum Gasteiger partial charge on any atom is -0.677 e. The van der Waals surface area contributed by atoms with Gasteiger partial charge in [-0.2, -0.15) is 6.54 Å². The van der Waals surface area contributed by atoms with Crippen LogP contribution in [-0.2, 0) is 19.8 Å². The van der Waals surface area contributed by atoms with Crippen LogP contribution in [0.4, 0.5) is 0 Å². The van der Waals surface area contributed by atoms with E-state index < -0.39 is 0 Å². The summed E-state index contributed by atoms with van der Waals surface area (Å²) in [5.41, 5.74) is 12.7. The van der Waals surface area contributed by atoms with Gasteiger partial charge in [0.25, 0.3) is 0 Å². The van der Waals surface area contributed by atoms with Crippen molar-refractivity contribution in [1.82, 2.24) is 0 Å². The first-order valence-corrected chi connectivity index (χ1v) is 8.55. The number of rotatable bonds is 9. The summed E-state index contributed by atoms with van der Waals surface area (Å²) in [5, 5.41) is 0. The quantitative estimate of drug-likeness (QED) is 0.201. The van der Waals surface area contributed by atoms with Gasteiger partial charge in [0.15, 0.2) is 0 Å². The van der Waals surface area contributed by atoms with Gasteiger partial charge in [0.05, 0.1) is 0 Å². The Labute approximate surface area is 163 Å². The molecule has 0 aromatic heterocycles. The van der Waals surface area contributed by atoms with Crippen molar-refractivity contribution in [3.8, 4) is 0 Å². The molecule has 0 bridgehead atoms. The number of aliphatic imine (C=N–C) groups is 1. The molecule has 3 heteroatoms. The van der Waals surface area contributed by atoms with Gasteiger partial charge < -0.3 is 13.2 Å². The van der Waals surface area contributed by atoms with Gasteiger partial charge in [-0.3, -0.25) is 4.99 Å². The van der Waals surface area contributed by atoms with Gasteiger partial charge in [-0.05, 0) is 56.7 Å². The van der Waals surface area contributed by atoms with Crippen LogP contribution in [0.25, 0.3) is 5.73 Å². The normalized spacial score (nSPS) is 12.6. The molecule has 0 aliphatic carbocycles. The van der Waals surface area contributed by atoms with E-state index in [4.69, 9.17) is 10.7 Å². The van der Waals surface area contributed by atoms with Crippen molar-refractivity contribution < 1.29 is 19.8 Å². The van der Waals surface area contributed by atoms with Crippen LogP contribution in [0.2, 0.25) is 0 Å². The standard InChI is InChI=1S/C20H31N2.CH3.Os/c1-5-7-8-15-22-20(6-2)19(13-10-14-21)18-12-9-11-16(3)17(18)4;;/h6,9,11-12,15,19,21H,5,7-8,10,13-14H2,1-4H3;1H3;/q2*-1;+2/b20-6-,22-15?;;. The van der Waals surface area contributed by atoms with E-state index in [1.54, 1.807) is 0 Å². The zero-order valence-electron chi connectivity index (χ0n) is 16.0. The van der Waals surface area contributed by atoms with Crippen LogP contribution in [-0.4, -0.2) is 12.8 Å². The van der Waals surface area contributed by atoms with E-state index in [1.807, 2.05) is 0 Å². The number of hydrogen-bond acceptors (Lipinski definition) is 1. The zero-order chi connectivity index (χ0) is 16.4. The van der Waals surface area contributed by atoms with Crippen molar-refractivity contribution in [3.05, 3.63) is 59.8 Å². The summed E-state index contributed by atoms with van der Waals surface area (Å²) in [6.45, 7) is 9.13. The van der Waals surface area contributed by atoms with Gasteiger partial charge in [-0.15, -0.1) is 0 Å². The maximum absolute atomic E-state index is 7.49. The summed E-state index contributed by atoms with van der Waals surface area (Å²) >= 11 is 0. The average molecular weight is 505 g/mol. The molecule has 2 nitrogen and oxygen atoms in total. The molecular weight excluding hydrogens is 470 g/mol. The predicted molar refractivity (Wildman–Crippen MR) is 105 cm³/mol. The summed E-state index contributed by atoms with van der Waals surface area (Å²) in [6.07, 6.45) is 9.57. The molecular formula is C21H34N2Os. The Balaban J connectivity index is 0. The second-order valence-electron chi connectivity index (χ2n) is 5.90. The van der Waals surface area contributed by atoms with E-state index in [0.717, 1.165) is 25.0 Å². The van der Waals surface area contributed by atoms with E-state index in [2.05, 4.69) is 58.2 Å². The monoisotopic (exact) mass is 506 g/mol. The first-order valence-electron chi connectivity index (χ1n) is 8.55. The second kappa shape index (κ2) is 14.6. The minimum atomic E-state index is 0. The Hall–Kier alpha value is -0.774. The average Bonchev–Trinajstić information content (AvgIpc) is 2.53. The van der Waals surface area contributed by atoms with Crippen LogP contribution in [0.15, 0.2) is 35.0 Å². The van der Waals surface area contributed by atoms with E-state index in [9.17, 15) is 0 Å². The Morgan fingerprint density at radius 1 is 1.25 bits per heavy atom. The van der Waals surface area contributed by atoms with Crippen LogP contribution in [0.1, 0.15) is 68.6 Å². The van der Waals surface area contributed by atoms with E-state index in [0.29, 0.717) is 12.5 Å². The predicted octanol–water partition coefficient (Wildman–Crippen LogP) is 6.83. The van der Waals surface area contributed by atoms with Gasteiger partial charge in [-0.25, -0.2) is 0 Å². The second-order valence-corrected chi connectivity index (χ2v) is 5.90. The van der Waals surface area contributed by atoms with E-state index in [-0.39, 0.29) is 27.2 Å². The smallest absolute Gasteiger partial charge is 0.677 e. The van der Waals surface area contributed by atoms with Gasteiger partial charge >= 0.3 is 19.8 Å². The molecule has 1 unspecified atom stereocenters. The fraction of sp³-hybridized carbons (Fsp3) is 0.524. The molecule has 136 valence electrons. The van der Waals surface area contributed by atoms with Gasteiger partial charge in [0, 0.05) is 17.8 Å². The minimum absolute atomic E-state index is 0. The largest absolute Gasteiger partial charge is 2.00 e. The van der Waals surface area contributed by atoms with Gasteiger partial charge in [-0.1, -0.05) is 44.0 Å². The van der Waals surface area contributed by atoms with Crippen molar-refractivity contribution in [3.63, 3.8) is 0 Å². The number of allylic oxidation sites excluding steroid dienone is 2. The van der Waals surface area contributed by atoms with Crippen LogP contribution >= 0.6 is 0 Å². The van der Waals surface area contributed by atoms with Crippen molar-refractivity contribution >= 4 is 6.21 Å². The van der Waals surface area contributed by atoms with Crippen molar-refractivity contribution in [1.29, 1.82) is 0 Å². The fourth-order valence-electron chi connectivity index (χ4n) is 2.75. The molecule has 0 aliphatic heterocycles. The molecule has 0 aliphatic rings. The maximum Gasteiger partial charge on any atom is 2.00 e. The SMILES string of the molecule is C/C=C(\N=CCCCC)C(CCC[NH-])c1cccc(C)c1C.[CH3-].[Os+2]. The van der Waals surface area contributed by atoms with E-state index in [1.165, 1.54) is 29.5 Å². The molecule has 0 radical (unpaired) electrons. The van der Waals surface area contributed by atoms with Crippen LogP contribution < -0.4 is 0 Å². The van der Waals surface area contributed by atoms with Crippen molar-refractivity contribution in [2.75, 3.05) is 6.54 Å². The summed E-state index contributed by atoms with van der Waals surface area (Å²) in [5.74, 6) is 0.313. The summed E-state index contributed by atoms with van der Waals surface area (Å²) in [4.78, 5) is 4.76. The number of benzene rings is 1. The molecule has 1 N–H and O–H groups in total. The van der Waals surface area contributed by atoms with Gasteiger partial charge in [0.1, 0.15) is 0 Å². The number of nitrogens with one attached hydrogen (secondary N) is 1. The first-order chi connectivity index (χ1) is 10.7. The number of unbranched alkanes of at least 4 members (excludes halogenated alkanes) is 2. The molecule has 1 atom stereocenters. The molecule has 0 saturated heterocycles. The van der Waals surface area contributed by atoms with Crippen molar-refractivity contribution in [2.24, 2.45) is 4.99 Å². The maximum atomic E-state index is 7.49. The van der Waals surface area contributed by atoms with E-state index >= 15 is 0 Å². The fourth-order valence-corrected chi connectivity index (χ4v) is 2.75. The first kappa shape index (κ1) is 25.5. The summed E-state index contributed by atoms with van der Waals surface area (Å²) < 4.78 is 0. The Morgan fingerprint density at radius 3 is 2.54 bits per heavy atom. The Bertz CT molecular complexity index is 507. The zero-order valence-corrected chi connectivity index (χ0v) is 18.5. The molecule has 24 heavy (non-hydrogen) atoms.